The summed E-state index contributed by atoms with van der Waals surface area (Å²) in [6, 6.07) is 3.89. The number of carbonyl (C=O) groups excluding carboxylic acids is 2. The molecule has 0 spiro atoms. The number of ether oxygens (including phenoxy) is 1. The van der Waals surface area contributed by atoms with Crippen LogP contribution in [0.4, 0.5) is 14.5 Å². The number of hydrogen-bond donors (Lipinski definition) is 3. The minimum Gasteiger partial charge on any atom is -0.482 e. The van der Waals surface area contributed by atoms with Crippen LogP contribution in [-0.4, -0.2) is 36.9 Å². The second kappa shape index (κ2) is 5.77. The molecule has 2 aliphatic heterocycles. The molecule has 0 saturated carbocycles. The smallest absolute Gasteiger partial charge is 0.262 e. The van der Waals surface area contributed by atoms with Crippen LogP contribution in [-0.2, 0) is 9.59 Å². The molecule has 2 heterocycles. The van der Waals surface area contributed by atoms with Crippen LogP contribution < -0.4 is 20.7 Å². The van der Waals surface area contributed by atoms with Gasteiger partial charge in [0.15, 0.2) is 6.61 Å². The van der Waals surface area contributed by atoms with Gasteiger partial charge in [0.2, 0.25) is 5.91 Å². The van der Waals surface area contributed by atoms with E-state index in [1.54, 1.807) is 25.1 Å². The summed E-state index contributed by atoms with van der Waals surface area (Å²) < 4.78 is 31.6. The molecule has 1 aromatic carbocycles. The molecule has 0 bridgehead atoms. The topological polar surface area (TPSA) is 79.5 Å². The number of hydrogen-bond acceptors (Lipinski definition) is 4. The lowest BCUT2D eigenvalue weighted by Gasteiger charge is -2.21. The van der Waals surface area contributed by atoms with E-state index < -0.39 is 30.8 Å². The number of alkyl halides is 2. The second-order valence-corrected chi connectivity index (χ2v) is 5.82. The minimum absolute atomic E-state index is 0.0276. The Hall–Kier alpha value is -2.22. The molecule has 1 aromatic rings. The number of nitrogens with one attached hydrogen (secondary N) is 3. The van der Waals surface area contributed by atoms with E-state index in [2.05, 4.69) is 16.0 Å². The van der Waals surface area contributed by atoms with E-state index in [-0.39, 0.29) is 18.6 Å². The zero-order chi connectivity index (χ0) is 16.6. The van der Waals surface area contributed by atoms with Crippen LogP contribution in [0.25, 0.3) is 0 Å². The van der Waals surface area contributed by atoms with Crippen molar-refractivity contribution in [3.8, 4) is 5.75 Å². The Balaban J connectivity index is 1.66. The van der Waals surface area contributed by atoms with Crippen molar-refractivity contribution in [3.63, 3.8) is 0 Å². The zero-order valence-corrected chi connectivity index (χ0v) is 12.5. The van der Waals surface area contributed by atoms with Crippen LogP contribution in [0.15, 0.2) is 18.2 Å². The fraction of sp³-hybridized carbons (Fsp3) is 0.467. The second-order valence-electron chi connectivity index (χ2n) is 5.82. The quantitative estimate of drug-likeness (QED) is 0.780. The highest BCUT2D eigenvalue weighted by Crippen LogP contribution is 2.31. The fourth-order valence-electron chi connectivity index (χ4n) is 2.67. The third-order valence-electron chi connectivity index (χ3n) is 3.92. The Kier molecular flexibility index (Phi) is 3.93. The van der Waals surface area contributed by atoms with Crippen molar-refractivity contribution in [1.29, 1.82) is 0 Å². The Bertz CT molecular complexity index is 651. The molecule has 2 amide bonds. The molecule has 2 aliphatic rings. The SMILES string of the molecule is CC(NC(=O)C1CC(F)(F)CN1)c1ccc2c(c1)NC(=O)CO2. The summed E-state index contributed by atoms with van der Waals surface area (Å²) in [7, 11) is 0. The lowest BCUT2D eigenvalue weighted by atomic mass is 10.1. The van der Waals surface area contributed by atoms with Crippen molar-refractivity contribution in [2.75, 3.05) is 18.5 Å². The van der Waals surface area contributed by atoms with Crippen LogP contribution in [0, 0.1) is 0 Å². The molecule has 1 fully saturated rings. The molecule has 23 heavy (non-hydrogen) atoms. The largest absolute Gasteiger partial charge is 0.482 e. The first-order valence-corrected chi connectivity index (χ1v) is 7.32. The molecular formula is C15H17F2N3O3. The standard InChI is InChI=1S/C15H17F2N3O3/c1-8(19-14(22)11-5-15(16,17)7-18-11)9-2-3-12-10(4-9)20-13(21)6-23-12/h2-4,8,11,18H,5-7H2,1H3,(H,19,22)(H,20,21). The van der Waals surface area contributed by atoms with E-state index >= 15 is 0 Å². The molecular weight excluding hydrogens is 308 g/mol. The van der Waals surface area contributed by atoms with Crippen molar-refractivity contribution >= 4 is 17.5 Å². The highest BCUT2D eigenvalue weighted by Gasteiger charge is 2.42. The summed E-state index contributed by atoms with van der Waals surface area (Å²) in [5.41, 5.74) is 1.28. The van der Waals surface area contributed by atoms with Crippen LogP contribution >= 0.6 is 0 Å². The van der Waals surface area contributed by atoms with E-state index in [0.717, 1.165) is 5.56 Å². The Morgan fingerprint density at radius 2 is 2.26 bits per heavy atom. The summed E-state index contributed by atoms with van der Waals surface area (Å²) in [5, 5.41) is 7.91. The minimum atomic E-state index is -2.85. The van der Waals surface area contributed by atoms with Gasteiger partial charge in [-0.3, -0.25) is 14.9 Å². The highest BCUT2D eigenvalue weighted by molar-refractivity contribution is 5.95. The van der Waals surface area contributed by atoms with Gasteiger partial charge in [0.25, 0.3) is 11.8 Å². The first kappa shape index (κ1) is 15.7. The van der Waals surface area contributed by atoms with Crippen LogP contribution in [0.5, 0.6) is 5.75 Å². The number of halogens is 2. The molecule has 0 aliphatic carbocycles. The Morgan fingerprint density at radius 1 is 1.48 bits per heavy atom. The van der Waals surface area contributed by atoms with E-state index in [9.17, 15) is 18.4 Å². The van der Waals surface area contributed by atoms with Gasteiger partial charge in [0.1, 0.15) is 5.75 Å². The molecule has 6 nitrogen and oxygen atoms in total. The average molecular weight is 325 g/mol. The van der Waals surface area contributed by atoms with Gasteiger partial charge in [-0.2, -0.15) is 0 Å². The van der Waals surface area contributed by atoms with Gasteiger partial charge in [-0.1, -0.05) is 6.07 Å². The molecule has 2 atom stereocenters. The predicted octanol–water partition coefficient (Wildman–Crippen LogP) is 1.19. The van der Waals surface area contributed by atoms with Crippen LogP contribution in [0.1, 0.15) is 24.9 Å². The van der Waals surface area contributed by atoms with Gasteiger partial charge in [-0.05, 0) is 24.6 Å². The molecule has 0 radical (unpaired) electrons. The van der Waals surface area contributed by atoms with Crippen LogP contribution in [0.2, 0.25) is 0 Å². The van der Waals surface area contributed by atoms with Gasteiger partial charge in [-0.25, -0.2) is 8.78 Å². The Morgan fingerprint density at radius 3 is 2.96 bits per heavy atom. The molecule has 0 aromatic heterocycles. The summed E-state index contributed by atoms with van der Waals surface area (Å²) in [6.07, 6.45) is -0.500. The van der Waals surface area contributed by atoms with Gasteiger partial charge < -0.3 is 15.4 Å². The summed E-state index contributed by atoms with van der Waals surface area (Å²) >= 11 is 0. The number of anilines is 1. The summed E-state index contributed by atoms with van der Waals surface area (Å²) in [5.74, 6) is -3.00. The van der Waals surface area contributed by atoms with E-state index in [1.807, 2.05) is 0 Å². The number of rotatable bonds is 3. The van der Waals surface area contributed by atoms with Crippen molar-refractivity contribution in [1.82, 2.24) is 10.6 Å². The number of fused-ring (bicyclic) bond motifs is 1. The van der Waals surface area contributed by atoms with Crippen molar-refractivity contribution in [2.45, 2.75) is 31.4 Å². The number of carbonyl (C=O) groups is 2. The van der Waals surface area contributed by atoms with E-state index in [4.69, 9.17) is 4.74 Å². The normalized spacial score (nSPS) is 23.4. The van der Waals surface area contributed by atoms with Gasteiger partial charge in [0.05, 0.1) is 24.3 Å². The van der Waals surface area contributed by atoms with Gasteiger partial charge in [-0.15, -0.1) is 0 Å². The third-order valence-corrected chi connectivity index (χ3v) is 3.92. The van der Waals surface area contributed by atoms with Crippen molar-refractivity contribution < 1.29 is 23.1 Å². The number of amides is 2. The summed E-state index contributed by atoms with van der Waals surface area (Å²) in [6.45, 7) is 1.24. The predicted molar refractivity (Wildman–Crippen MR) is 78.5 cm³/mol. The lowest BCUT2D eigenvalue weighted by Crippen LogP contribution is -2.41. The Labute approximate surface area is 131 Å². The first-order chi connectivity index (χ1) is 10.8. The monoisotopic (exact) mass is 325 g/mol. The maximum atomic E-state index is 13.1. The average Bonchev–Trinajstić information content (AvgIpc) is 2.86. The number of benzene rings is 1. The molecule has 124 valence electrons. The van der Waals surface area contributed by atoms with E-state index in [0.29, 0.717) is 11.4 Å². The van der Waals surface area contributed by atoms with Crippen molar-refractivity contribution in [2.24, 2.45) is 0 Å². The first-order valence-electron chi connectivity index (χ1n) is 7.32. The van der Waals surface area contributed by atoms with Gasteiger partial charge >= 0.3 is 0 Å². The molecule has 3 N–H and O–H groups in total. The highest BCUT2D eigenvalue weighted by atomic mass is 19.3. The zero-order valence-electron chi connectivity index (χ0n) is 12.5. The van der Waals surface area contributed by atoms with E-state index in [1.165, 1.54) is 0 Å². The van der Waals surface area contributed by atoms with Crippen LogP contribution in [0.3, 0.4) is 0 Å². The maximum Gasteiger partial charge on any atom is 0.262 e. The molecule has 8 heteroatoms. The lowest BCUT2D eigenvalue weighted by molar-refractivity contribution is -0.124. The molecule has 2 unspecified atom stereocenters. The fourth-order valence-corrected chi connectivity index (χ4v) is 2.67. The van der Waals surface area contributed by atoms with Crippen molar-refractivity contribution in [3.05, 3.63) is 23.8 Å². The summed E-state index contributed by atoms with van der Waals surface area (Å²) in [4.78, 5) is 23.4. The third kappa shape index (κ3) is 3.42. The molecule has 3 rings (SSSR count). The van der Waals surface area contributed by atoms with Gasteiger partial charge in [0, 0.05) is 6.42 Å². The molecule has 1 saturated heterocycles. The maximum absolute atomic E-state index is 13.1.